The number of carbonyl (C=O) groups excluding carboxylic acids is 1. The fraction of sp³-hybridized carbons (Fsp3) is 0.417. The van der Waals surface area contributed by atoms with Gasteiger partial charge in [-0.25, -0.2) is 0 Å². The van der Waals surface area contributed by atoms with Gasteiger partial charge < -0.3 is 10.1 Å². The molecule has 0 spiro atoms. The van der Waals surface area contributed by atoms with Gasteiger partial charge in [0.1, 0.15) is 0 Å². The average molecular weight is 239 g/mol. The summed E-state index contributed by atoms with van der Waals surface area (Å²) in [6.07, 6.45) is 0. The van der Waals surface area contributed by atoms with E-state index in [0.29, 0.717) is 12.4 Å². The average Bonchev–Trinajstić information content (AvgIpc) is 2.28. The summed E-state index contributed by atoms with van der Waals surface area (Å²) >= 11 is 1.54. The first-order chi connectivity index (χ1) is 7.72. The number of ether oxygens (including phenoxy) is 1. The number of hydrogen-bond acceptors (Lipinski definition) is 3. The lowest BCUT2D eigenvalue weighted by molar-refractivity contribution is -0.119. The zero-order valence-corrected chi connectivity index (χ0v) is 10.4. The lowest BCUT2D eigenvalue weighted by Crippen LogP contribution is -2.36. The van der Waals surface area contributed by atoms with Crippen LogP contribution in [0.4, 0.5) is 0 Å². The predicted molar refractivity (Wildman–Crippen MR) is 66.6 cm³/mol. The third-order valence-electron chi connectivity index (χ3n) is 1.94. The molecule has 0 aromatic heterocycles. The first kappa shape index (κ1) is 13.1. The normalized spacial score (nSPS) is 12.1. The molecular formula is C12H17NO2S. The summed E-state index contributed by atoms with van der Waals surface area (Å²) in [5.74, 6) is 0.483. The van der Waals surface area contributed by atoms with Gasteiger partial charge in [-0.1, -0.05) is 18.2 Å². The van der Waals surface area contributed by atoms with Crippen molar-refractivity contribution in [1.82, 2.24) is 5.32 Å². The van der Waals surface area contributed by atoms with Crippen molar-refractivity contribution >= 4 is 17.7 Å². The maximum atomic E-state index is 11.5. The van der Waals surface area contributed by atoms with E-state index in [2.05, 4.69) is 5.32 Å². The molecule has 88 valence electrons. The summed E-state index contributed by atoms with van der Waals surface area (Å²) in [6, 6.07) is 9.95. The highest BCUT2D eigenvalue weighted by Crippen LogP contribution is 2.16. The van der Waals surface area contributed by atoms with Crippen molar-refractivity contribution in [2.24, 2.45) is 0 Å². The third-order valence-corrected chi connectivity index (χ3v) is 2.95. The van der Waals surface area contributed by atoms with Gasteiger partial charge in [0, 0.05) is 18.0 Å². The number of hydrogen-bond donors (Lipinski definition) is 1. The standard InChI is InChI=1S/C12H17NO2S/c1-10(8-15-2)13-12(14)9-16-11-6-4-3-5-7-11/h3-7,10H,8-9H2,1-2H3,(H,13,14). The van der Waals surface area contributed by atoms with Gasteiger partial charge >= 0.3 is 0 Å². The van der Waals surface area contributed by atoms with Crippen molar-refractivity contribution in [2.45, 2.75) is 17.9 Å². The van der Waals surface area contributed by atoms with Crippen molar-refractivity contribution in [2.75, 3.05) is 19.5 Å². The van der Waals surface area contributed by atoms with E-state index in [1.54, 1.807) is 7.11 Å². The Morgan fingerprint density at radius 1 is 1.44 bits per heavy atom. The second-order valence-electron chi connectivity index (χ2n) is 3.53. The van der Waals surface area contributed by atoms with E-state index in [9.17, 15) is 4.79 Å². The molecule has 1 amide bonds. The van der Waals surface area contributed by atoms with Crippen LogP contribution >= 0.6 is 11.8 Å². The van der Waals surface area contributed by atoms with Crippen LogP contribution in [0.1, 0.15) is 6.92 Å². The van der Waals surface area contributed by atoms with E-state index < -0.39 is 0 Å². The number of carbonyl (C=O) groups is 1. The lowest BCUT2D eigenvalue weighted by atomic mass is 10.3. The molecule has 0 aliphatic carbocycles. The van der Waals surface area contributed by atoms with Crippen molar-refractivity contribution in [3.05, 3.63) is 30.3 Å². The summed E-state index contributed by atoms with van der Waals surface area (Å²) in [6.45, 7) is 2.47. The number of benzene rings is 1. The van der Waals surface area contributed by atoms with E-state index in [4.69, 9.17) is 4.74 Å². The highest BCUT2D eigenvalue weighted by atomic mass is 32.2. The van der Waals surface area contributed by atoms with E-state index in [0.717, 1.165) is 4.90 Å². The molecule has 0 aliphatic rings. The fourth-order valence-electron chi connectivity index (χ4n) is 1.27. The molecule has 1 unspecified atom stereocenters. The Kier molecular flexibility index (Phi) is 5.96. The summed E-state index contributed by atoms with van der Waals surface area (Å²) in [5, 5.41) is 2.87. The van der Waals surface area contributed by atoms with Crippen LogP contribution in [0, 0.1) is 0 Å². The van der Waals surface area contributed by atoms with Gasteiger partial charge in [0.25, 0.3) is 0 Å². The van der Waals surface area contributed by atoms with Crippen LogP contribution in [0.25, 0.3) is 0 Å². The molecule has 4 heteroatoms. The number of thioether (sulfide) groups is 1. The second-order valence-corrected chi connectivity index (χ2v) is 4.57. The van der Waals surface area contributed by atoms with Crippen molar-refractivity contribution in [3.8, 4) is 0 Å². The summed E-state index contributed by atoms with van der Waals surface area (Å²) in [5.41, 5.74) is 0. The molecule has 0 aliphatic heterocycles. The second kappa shape index (κ2) is 7.30. The molecule has 0 heterocycles. The molecule has 1 atom stereocenters. The highest BCUT2D eigenvalue weighted by molar-refractivity contribution is 8.00. The van der Waals surface area contributed by atoms with Gasteiger partial charge in [-0.15, -0.1) is 11.8 Å². The minimum Gasteiger partial charge on any atom is -0.383 e. The van der Waals surface area contributed by atoms with Crippen LogP contribution < -0.4 is 5.32 Å². The molecule has 0 saturated carbocycles. The van der Waals surface area contributed by atoms with Gasteiger partial charge in [-0.05, 0) is 19.1 Å². The van der Waals surface area contributed by atoms with Gasteiger partial charge in [0.15, 0.2) is 0 Å². The number of nitrogens with one attached hydrogen (secondary N) is 1. The molecular weight excluding hydrogens is 222 g/mol. The van der Waals surface area contributed by atoms with Crippen LogP contribution in [-0.4, -0.2) is 31.4 Å². The Balaban J connectivity index is 2.25. The largest absolute Gasteiger partial charge is 0.383 e. The Labute approximate surface area is 101 Å². The molecule has 0 saturated heterocycles. The van der Waals surface area contributed by atoms with Crippen molar-refractivity contribution in [3.63, 3.8) is 0 Å². The van der Waals surface area contributed by atoms with Crippen molar-refractivity contribution in [1.29, 1.82) is 0 Å². The predicted octanol–water partition coefficient (Wildman–Crippen LogP) is 1.93. The first-order valence-electron chi connectivity index (χ1n) is 5.18. The van der Waals surface area contributed by atoms with Crippen LogP contribution in [0.15, 0.2) is 35.2 Å². The van der Waals surface area contributed by atoms with Crippen LogP contribution in [-0.2, 0) is 9.53 Å². The lowest BCUT2D eigenvalue weighted by Gasteiger charge is -2.12. The monoisotopic (exact) mass is 239 g/mol. The molecule has 0 radical (unpaired) electrons. The summed E-state index contributed by atoms with van der Waals surface area (Å²) in [7, 11) is 1.63. The zero-order valence-electron chi connectivity index (χ0n) is 9.60. The Bertz CT molecular complexity index is 316. The number of methoxy groups -OCH3 is 1. The number of rotatable bonds is 6. The summed E-state index contributed by atoms with van der Waals surface area (Å²) < 4.78 is 4.95. The van der Waals surface area contributed by atoms with E-state index in [1.165, 1.54) is 11.8 Å². The Hall–Kier alpha value is -1.00. The van der Waals surface area contributed by atoms with Gasteiger partial charge in [0.05, 0.1) is 12.4 Å². The fourth-order valence-corrected chi connectivity index (χ4v) is 2.00. The minimum atomic E-state index is 0.0402. The van der Waals surface area contributed by atoms with Gasteiger partial charge in [-0.2, -0.15) is 0 Å². The Morgan fingerprint density at radius 2 is 2.12 bits per heavy atom. The molecule has 1 aromatic carbocycles. The Morgan fingerprint density at radius 3 is 2.75 bits per heavy atom. The minimum absolute atomic E-state index is 0.0402. The molecule has 3 nitrogen and oxygen atoms in total. The molecule has 1 rings (SSSR count). The van der Waals surface area contributed by atoms with Gasteiger partial charge in [-0.3, -0.25) is 4.79 Å². The maximum absolute atomic E-state index is 11.5. The van der Waals surface area contributed by atoms with Crippen LogP contribution in [0.5, 0.6) is 0 Å². The molecule has 16 heavy (non-hydrogen) atoms. The van der Waals surface area contributed by atoms with Crippen molar-refractivity contribution < 1.29 is 9.53 Å². The quantitative estimate of drug-likeness (QED) is 0.771. The third kappa shape index (κ3) is 5.19. The molecule has 0 bridgehead atoms. The number of amides is 1. The van der Waals surface area contributed by atoms with E-state index in [1.807, 2.05) is 37.3 Å². The van der Waals surface area contributed by atoms with E-state index >= 15 is 0 Å². The smallest absolute Gasteiger partial charge is 0.230 e. The molecule has 1 N–H and O–H groups in total. The molecule has 0 fully saturated rings. The van der Waals surface area contributed by atoms with Crippen LogP contribution in [0.3, 0.4) is 0 Å². The van der Waals surface area contributed by atoms with Crippen LogP contribution in [0.2, 0.25) is 0 Å². The first-order valence-corrected chi connectivity index (χ1v) is 6.17. The topological polar surface area (TPSA) is 38.3 Å². The van der Waals surface area contributed by atoms with E-state index in [-0.39, 0.29) is 11.9 Å². The molecule has 1 aromatic rings. The SMILES string of the molecule is COCC(C)NC(=O)CSc1ccccc1. The van der Waals surface area contributed by atoms with Gasteiger partial charge in [0.2, 0.25) is 5.91 Å². The zero-order chi connectivity index (χ0) is 11.8. The maximum Gasteiger partial charge on any atom is 0.230 e. The summed E-state index contributed by atoms with van der Waals surface area (Å²) in [4.78, 5) is 12.6. The highest BCUT2D eigenvalue weighted by Gasteiger charge is 2.06.